The highest BCUT2D eigenvalue weighted by Gasteiger charge is 2.14. The highest BCUT2D eigenvalue weighted by atomic mass is 16.5. The van der Waals surface area contributed by atoms with Crippen molar-refractivity contribution in [2.45, 2.75) is 32.9 Å². The maximum absolute atomic E-state index is 5.62. The predicted molar refractivity (Wildman–Crippen MR) is 76.2 cm³/mol. The fraction of sp³-hybridized carbons (Fsp3) is 0.600. The van der Waals surface area contributed by atoms with E-state index in [0.29, 0.717) is 6.10 Å². The molecule has 0 spiro atoms. The first-order valence-corrected chi connectivity index (χ1v) is 6.82. The van der Waals surface area contributed by atoms with Gasteiger partial charge in [-0.15, -0.1) is 0 Å². The summed E-state index contributed by atoms with van der Waals surface area (Å²) in [6, 6.07) is 6.60. The van der Waals surface area contributed by atoms with E-state index in [9.17, 15) is 0 Å². The number of ether oxygens (including phenoxy) is 1. The zero-order chi connectivity index (χ0) is 13.0. The van der Waals surface area contributed by atoms with Crippen LogP contribution in [0.4, 0.5) is 5.69 Å². The number of fused-ring (bicyclic) bond motifs is 1. The molecule has 0 radical (unpaired) electrons. The van der Waals surface area contributed by atoms with E-state index in [0.717, 1.165) is 32.7 Å². The lowest BCUT2D eigenvalue weighted by Gasteiger charge is -2.27. The van der Waals surface area contributed by atoms with Crippen molar-refractivity contribution < 1.29 is 4.74 Å². The largest absolute Gasteiger partial charge is 0.377 e. The molecule has 3 heteroatoms. The first kappa shape index (κ1) is 13.4. The predicted octanol–water partition coefficient (Wildman–Crippen LogP) is 2.19. The maximum atomic E-state index is 5.62. The zero-order valence-corrected chi connectivity index (χ0v) is 11.7. The van der Waals surface area contributed by atoms with Gasteiger partial charge < -0.3 is 15.0 Å². The van der Waals surface area contributed by atoms with Gasteiger partial charge in [0.2, 0.25) is 0 Å². The van der Waals surface area contributed by atoms with Gasteiger partial charge in [0.05, 0.1) is 12.7 Å². The Labute approximate surface area is 110 Å². The number of hydrogen-bond donors (Lipinski definition) is 1. The van der Waals surface area contributed by atoms with Crippen LogP contribution in [0.15, 0.2) is 18.2 Å². The first-order valence-electron chi connectivity index (χ1n) is 6.82. The molecule has 0 aromatic heterocycles. The molecule has 0 unspecified atom stereocenters. The number of benzene rings is 1. The summed E-state index contributed by atoms with van der Waals surface area (Å²) in [7, 11) is 2.15. The van der Waals surface area contributed by atoms with Gasteiger partial charge in [-0.1, -0.05) is 12.1 Å². The van der Waals surface area contributed by atoms with Crippen LogP contribution < -0.4 is 10.2 Å². The van der Waals surface area contributed by atoms with E-state index in [1.165, 1.54) is 16.8 Å². The van der Waals surface area contributed by atoms with Gasteiger partial charge in [-0.05, 0) is 44.0 Å². The number of anilines is 1. The first-order chi connectivity index (χ1) is 8.68. The zero-order valence-electron chi connectivity index (χ0n) is 11.7. The van der Waals surface area contributed by atoms with E-state index in [1.807, 2.05) is 0 Å². The Morgan fingerprint density at radius 1 is 1.39 bits per heavy atom. The lowest BCUT2D eigenvalue weighted by Crippen LogP contribution is -2.29. The monoisotopic (exact) mass is 248 g/mol. The topological polar surface area (TPSA) is 24.5 Å². The summed E-state index contributed by atoms with van der Waals surface area (Å²) in [5.74, 6) is 0. The van der Waals surface area contributed by atoms with E-state index >= 15 is 0 Å². The van der Waals surface area contributed by atoms with Crippen LogP contribution in [0.3, 0.4) is 0 Å². The van der Waals surface area contributed by atoms with Gasteiger partial charge in [0.15, 0.2) is 0 Å². The minimum atomic E-state index is 0.312. The summed E-state index contributed by atoms with van der Waals surface area (Å²) < 4.78 is 5.62. The van der Waals surface area contributed by atoms with Crippen LogP contribution in [0.5, 0.6) is 0 Å². The fourth-order valence-electron chi connectivity index (χ4n) is 2.42. The third kappa shape index (κ3) is 3.24. The molecule has 18 heavy (non-hydrogen) atoms. The van der Waals surface area contributed by atoms with Crippen LogP contribution in [0.1, 0.15) is 25.0 Å². The molecule has 2 rings (SSSR count). The normalized spacial score (nSPS) is 14.7. The number of rotatable bonds is 5. The van der Waals surface area contributed by atoms with Gasteiger partial charge >= 0.3 is 0 Å². The molecule has 1 aromatic carbocycles. The quantitative estimate of drug-likeness (QED) is 0.864. The second-order valence-corrected chi connectivity index (χ2v) is 5.18. The van der Waals surface area contributed by atoms with Gasteiger partial charge in [-0.2, -0.15) is 0 Å². The molecule has 1 aliphatic rings. The number of nitrogens with zero attached hydrogens (tertiary/aromatic N) is 1. The van der Waals surface area contributed by atoms with Crippen LogP contribution in [0, 0.1) is 0 Å². The minimum Gasteiger partial charge on any atom is -0.377 e. The van der Waals surface area contributed by atoms with Gasteiger partial charge in [0.1, 0.15) is 0 Å². The molecular formula is C15H24N2O. The lowest BCUT2D eigenvalue weighted by atomic mass is 9.98. The third-order valence-electron chi connectivity index (χ3n) is 3.40. The molecule has 0 bridgehead atoms. The van der Waals surface area contributed by atoms with Crippen molar-refractivity contribution in [2.75, 3.05) is 31.6 Å². The highest BCUT2D eigenvalue weighted by Crippen LogP contribution is 2.25. The molecule has 3 nitrogen and oxygen atoms in total. The summed E-state index contributed by atoms with van der Waals surface area (Å²) in [5, 5.41) is 3.42. The van der Waals surface area contributed by atoms with E-state index in [4.69, 9.17) is 4.74 Å². The average molecular weight is 248 g/mol. The Hall–Kier alpha value is -1.06. The van der Waals surface area contributed by atoms with Crippen LogP contribution in [0.2, 0.25) is 0 Å². The number of likely N-dealkylation sites (N-methyl/N-ethyl adjacent to an activating group) is 1. The van der Waals surface area contributed by atoms with Gasteiger partial charge in [-0.3, -0.25) is 0 Å². The standard InChI is InChI=1S/C15H24N2O/c1-12(2)18-10-9-17(3)15-6-4-5-13-11-16-8-7-14(13)15/h4-6,12,16H,7-11H2,1-3H3. The summed E-state index contributed by atoms with van der Waals surface area (Å²) in [5.41, 5.74) is 4.31. The molecule has 1 N–H and O–H groups in total. The molecule has 1 heterocycles. The van der Waals surface area contributed by atoms with Crippen LogP contribution in [0.25, 0.3) is 0 Å². The van der Waals surface area contributed by atoms with Crippen LogP contribution in [-0.2, 0) is 17.7 Å². The Balaban J connectivity index is 2.03. The van der Waals surface area contributed by atoms with E-state index < -0.39 is 0 Å². The fourth-order valence-corrected chi connectivity index (χ4v) is 2.42. The van der Waals surface area contributed by atoms with E-state index in [1.54, 1.807) is 0 Å². The molecule has 1 aliphatic heterocycles. The summed E-state index contributed by atoms with van der Waals surface area (Å²) in [6.45, 7) is 7.98. The second kappa shape index (κ2) is 6.21. The SMILES string of the molecule is CC(C)OCCN(C)c1cccc2c1CCNC2. The smallest absolute Gasteiger partial charge is 0.0644 e. The summed E-state index contributed by atoms with van der Waals surface area (Å²) in [6.07, 6.45) is 1.44. The van der Waals surface area contributed by atoms with Gasteiger partial charge in [-0.25, -0.2) is 0 Å². The molecule has 1 aromatic rings. The van der Waals surface area contributed by atoms with Crippen molar-refractivity contribution in [1.82, 2.24) is 5.32 Å². The Morgan fingerprint density at radius 3 is 3.00 bits per heavy atom. The molecule has 0 atom stereocenters. The van der Waals surface area contributed by atoms with Crippen LogP contribution >= 0.6 is 0 Å². The Morgan fingerprint density at radius 2 is 2.22 bits per heavy atom. The Kier molecular flexibility index (Phi) is 4.61. The highest BCUT2D eigenvalue weighted by molar-refractivity contribution is 5.57. The molecule has 0 saturated heterocycles. The van der Waals surface area contributed by atoms with Crippen molar-refractivity contribution in [2.24, 2.45) is 0 Å². The number of hydrogen-bond acceptors (Lipinski definition) is 3. The van der Waals surface area contributed by atoms with Crippen molar-refractivity contribution in [3.63, 3.8) is 0 Å². The van der Waals surface area contributed by atoms with Gasteiger partial charge in [0.25, 0.3) is 0 Å². The molecule has 0 saturated carbocycles. The summed E-state index contributed by atoms with van der Waals surface area (Å²) >= 11 is 0. The van der Waals surface area contributed by atoms with Crippen molar-refractivity contribution in [3.8, 4) is 0 Å². The van der Waals surface area contributed by atoms with E-state index in [2.05, 4.69) is 49.3 Å². The number of nitrogens with one attached hydrogen (secondary N) is 1. The molecule has 100 valence electrons. The second-order valence-electron chi connectivity index (χ2n) is 5.18. The molecule has 0 amide bonds. The van der Waals surface area contributed by atoms with Crippen molar-refractivity contribution >= 4 is 5.69 Å². The van der Waals surface area contributed by atoms with E-state index in [-0.39, 0.29) is 0 Å². The van der Waals surface area contributed by atoms with Crippen molar-refractivity contribution in [3.05, 3.63) is 29.3 Å². The minimum absolute atomic E-state index is 0.312. The third-order valence-corrected chi connectivity index (χ3v) is 3.40. The summed E-state index contributed by atoms with van der Waals surface area (Å²) in [4.78, 5) is 2.31. The maximum Gasteiger partial charge on any atom is 0.0644 e. The Bertz CT molecular complexity index is 390. The van der Waals surface area contributed by atoms with Crippen LogP contribution in [-0.4, -0.2) is 32.8 Å². The molecule has 0 fully saturated rings. The lowest BCUT2D eigenvalue weighted by molar-refractivity contribution is 0.0846. The van der Waals surface area contributed by atoms with Gasteiger partial charge in [0, 0.05) is 25.8 Å². The van der Waals surface area contributed by atoms with Crippen molar-refractivity contribution in [1.29, 1.82) is 0 Å². The molecule has 0 aliphatic carbocycles. The average Bonchev–Trinajstić information content (AvgIpc) is 2.37. The molecular weight excluding hydrogens is 224 g/mol.